The van der Waals surface area contributed by atoms with Gasteiger partial charge in [-0.15, -0.1) is 0 Å². The SMILES string of the molecule is COC(=O)N1CC(Br)C(=O)C1(C)C. The molecule has 1 amide bonds. The molecule has 1 aliphatic rings. The number of hydrogen-bond acceptors (Lipinski definition) is 3. The van der Waals surface area contributed by atoms with E-state index >= 15 is 0 Å². The van der Waals surface area contributed by atoms with Gasteiger partial charge >= 0.3 is 6.09 Å². The summed E-state index contributed by atoms with van der Waals surface area (Å²) in [5.74, 6) is 0.0119. The van der Waals surface area contributed by atoms with Gasteiger partial charge in [0.25, 0.3) is 0 Å². The minimum atomic E-state index is -0.763. The van der Waals surface area contributed by atoms with Gasteiger partial charge in [-0.3, -0.25) is 9.69 Å². The van der Waals surface area contributed by atoms with E-state index in [0.717, 1.165) is 0 Å². The number of ketones is 1. The molecule has 1 aliphatic heterocycles. The van der Waals surface area contributed by atoms with Crippen LogP contribution in [0.25, 0.3) is 0 Å². The molecule has 0 bridgehead atoms. The molecule has 1 atom stereocenters. The monoisotopic (exact) mass is 249 g/mol. The second kappa shape index (κ2) is 3.29. The largest absolute Gasteiger partial charge is 0.453 e. The third-order valence-electron chi connectivity index (χ3n) is 2.30. The topological polar surface area (TPSA) is 46.6 Å². The molecule has 0 saturated carbocycles. The Balaban J connectivity index is 2.90. The Labute approximate surface area is 85.4 Å². The second-order valence-corrected chi connectivity index (χ2v) is 4.58. The number of alkyl halides is 1. The van der Waals surface area contributed by atoms with Gasteiger partial charge in [-0.05, 0) is 13.8 Å². The van der Waals surface area contributed by atoms with Gasteiger partial charge in [0, 0.05) is 6.54 Å². The smallest absolute Gasteiger partial charge is 0.410 e. The molecule has 13 heavy (non-hydrogen) atoms. The average molecular weight is 250 g/mol. The Bertz CT molecular complexity index is 252. The number of nitrogens with zero attached hydrogens (tertiary/aromatic N) is 1. The molecule has 1 rings (SSSR count). The molecule has 0 spiro atoms. The van der Waals surface area contributed by atoms with E-state index in [2.05, 4.69) is 20.7 Å². The summed E-state index contributed by atoms with van der Waals surface area (Å²) in [7, 11) is 1.31. The zero-order chi connectivity index (χ0) is 10.2. The average Bonchev–Trinajstić information content (AvgIpc) is 2.28. The van der Waals surface area contributed by atoms with Crippen molar-refractivity contribution in [3.63, 3.8) is 0 Å². The first-order valence-corrected chi connectivity index (χ1v) is 4.86. The maximum absolute atomic E-state index is 11.6. The first-order valence-electron chi connectivity index (χ1n) is 3.95. The molecule has 0 N–H and O–H groups in total. The highest BCUT2D eigenvalue weighted by Gasteiger charge is 2.48. The first-order chi connectivity index (χ1) is 5.91. The number of amides is 1. The zero-order valence-corrected chi connectivity index (χ0v) is 9.42. The third-order valence-corrected chi connectivity index (χ3v) is 3.01. The summed E-state index contributed by atoms with van der Waals surface area (Å²) in [6, 6.07) is 0. The summed E-state index contributed by atoms with van der Waals surface area (Å²) < 4.78 is 4.58. The van der Waals surface area contributed by atoms with E-state index in [1.807, 2.05) is 0 Å². The molecular weight excluding hydrogens is 238 g/mol. The van der Waals surface area contributed by atoms with Gasteiger partial charge in [-0.2, -0.15) is 0 Å². The highest BCUT2D eigenvalue weighted by atomic mass is 79.9. The molecule has 0 aromatic rings. The van der Waals surface area contributed by atoms with Crippen LogP contribution >= 0.6 is 15.9 Å². The molecule has 1 saturated heterocycles. The molecule has 1 fully saturated rings. The van der Waals surface area contributed by atoms with Crippen LogP contribution in [0.15, 0.2) is 0 Å². The Morgan fingerprint density at radius 2 is 2.23 bits per heavy atom. The summed E-state index contributed by atoms with van der Waals surface area (Å²) in [6.07, 6.45) is -0.458. The summed E-state index contributed by atoms with van der Waals surface area (Å²) in [5, 5.41) is 0. The molecule has 1 heterocycles. The number of likely N-dealkylation sites (tertiary alicyclic amines) is 1. The Morgan fingerprint density at radius 3 is 2.54 bits per heavy atom. The molecule has 0 aliphatic carbocycles. The van der Waals surface area contributed by atoms with E-state index in [1.165, 1.54) is 12.0 Å². The zero-order valence-electron chi connectivity index (χ0n) is 7.83. The van der Waals surface area contributed by atoms with E-state index in [4.69, 9.17) is 0 Å². The lowest BCUT2D eigenvalue weighted by Crippen LogP contribution is -2.46. The van der Waals surface area contributed by atoms with Crippen LogP contribution in [0.2, 0.25) is 0 Å². The normalized spacial score (nSPS) is 26.3. The van der Waals surface area contributed by atoms with Gasteiger partial charge in [0.15, 0.2) is 5.78 Å². The summed E-state index contributed by atoms with van der Waals surface area (Å²) in [5.41, 5.74) is -0.763. The van der Waals surface area contributed by atoms with Crippen LogP contribution in [-0.2, 0) is 9.53 Å². The molecule has 0 aromatic carbocycles. The predicted molar refractivity (Wildman–Crippen MR) is 50.9 cm³/mol. The lowest BCUT2D eigenvalue weighted by atomic mass is 10.0. The Morgan fingerprint density at radius 1 is 1.69 bits per heavy atom. The summed E-state index contributed by atoms with van der Waals surface area (Å²) >= 11 is 3.22. The molecule has 0 radical (unpaired) electrons. The van der Waals surface area contributed by atoms with Crippen molar-refractivity contribution in [1.29, 1.82) is 0 Å². The number of halogens is 1. The lowest BCUT2D eigenvalue weighted by molar-refractivity contribution is -0.122. The molecule has 1 unspecified atom stereocenters. The van der Waals surface area contributed by atoms with Crippen molar-refractivity contribution in [2.45, 2.75) is 24.2 Å². The van der Waals surface area contributed by atoms with Gasteiger partial charge in [0.05, 0.1) is 11.9 Å². The Kier molecular flexibility index (Phi) is 2.66. The number of hydrogen-bond donors (Lipinski definition) is 0. The van der Waals surface area contributed by atoms with Crippen molar-refractivity contribution >= 4 is 27.8 Å². The van der Waals surface area contributed by atoms with Crippen molar-refractivity contribution in [1.82, 2.24) is 4.90 Å². The maximum Gasteiger partial charge on any atom is 0.410 e. The van der Waals surface area contributed by atoms with Gasteiger partial charge in [0.1, 0.15) is 5.54 Å². The van der Waals surface area contributed by atoms with E-state index in [1.54, 1.807) is 13.8 Å². The van der Waals surface area contributed by atoms with E-state index in [9.17, 15) is 9.59 Å². The van der Waals surface area contributed by atoms with Crippen LogP contribution < -0.4 is 0 Å². The number of methoxy groups -OCH3 is 1. The number of rotatable bonds is 0. The van der Waals surface area contributed by atoms with Gasteiger partial charge in [-0.25, -0.2) is 4.79 Å². The van der Waals surface area contributed by atoms with Crippen molar-refractivity contribution in [3.05, 3.63) is 0 Å². The molecule has 0 aromatic heterocycles. The van der Waals surface area contributed by atoms with Crippen molar-refractivity contribution < 1.29 is 14.3 Å². The lowest BCUT2D eigenvalue weighted by Gasteiger charge is -2.27. The minimum Gasteiger partial charge on any atom is -0.453 e. The summed E-state index contributed by atoms with van der Waals surface area (Å²) in [4.78, 5) is 24.0. The number of carbonyl (C=O) groups is 2. The third kappa shape index (κ3) is 1.57. The molecular formula is C8H12BrNO3. The van der Waals surface area contributed by atoms with Crippen molar-refractivity contribution in [2.24, 2.45) is 0 Å². The highest BCUT2D eigenvalue weighted by Crippen LogP contribution is 2.29. The first kappa shape index (κ1) is 10.5. The van der Waals surface area contributed by atoms with Gasteiger partial charge in [-0.1, -0.05) is 15.9 Å². The van der Waals surface area contributed by atoms with Crippen molar-refractivity contribution in [2.75, 3.05) is 13.7 Å². The maximum atomic E-state index is 11.6. The van der Waals surface area contributed by atoms with Crippen LogP contribution in [0.4, 0.5) is 4.79 Å². The van der Waals surface area contributed by atoms with Crippen LogP contribution in [0, 0.1) is 0 Å². The molecule has 4 nitrogen and oxygen atoms in total. The number of carbonyl (C=O) groups excluding carboxylic acids is 2. The number of ether oxygens (including phenoxy) is 1. The van der Waals surface area contributed by atoms with Gasteiger partial charge < -0.3 is 4.74 Å². The van der Waals surface area contributed by atoms with E-state index in [0.29, 0.717) is 6.54 Å². The van der Waals surface area contributed by atoms with E-state index in [-0.39, 0.29) is 10.6 Å². The predicted octanol–water partition coefficient (Wildman–Crippen LogP) is 1.18. The van der Waals surface area contributed by atoms with Crippen LogP contribution in [-0.4, -0.2) is 40.8 Å². The summed E-state index contributed by atoms with van der Waals surface area (Å²) in [6.45, 7) is 3.81. The fraction of sp³-hybridized carbons (Fsp3) is 0.750. The minimum absolute atomic E-state index is 0.0119. The van der Waals surface area contributed by atoms with Crippen LogP contribution in [0.3, 0.4) is 0 Å². The van der Waals surface area contributed by atoms with Gasteiger partial charge in [0.2, 0.25) is 0 Å². The standard InChI is InChI=1S/C8H12BrNO3/c1-8(2)6(11)5(9)4-10(8)7(12)13-3/h5H,4H2,1-3H3. The number of Topliss-reactive ketones (excluding diaryl/α,β-unsaturated/α-hetero) is 1. The second-order valence-electron chi connectivity index (χ2n) is 3.47. The molecule has 74 valence electrons. The van der Waals surface area contributed by atoms with Crippen molar-refractivity contribution in [3.8, 4) is 0 Å². The van der Waals surface area contributed by atoms with Crippen LogP contribution in [0.5, 0.6) is 0 Å². The fourth-order valence-corrected chi connectivity index (χ4v) is 2.25. The fourth-order valence-electron chi connectivity index (χ4n) is 1.40. The highest BCUT2D eigenvalue weighted by molar-refractivity contribution is 9.10. The molecule has 5 heteroatoms. The van der Waals surface area contributed by atoms with E-state index < -0.39 is 11.6 Å². The Hall–Kier alpha value is -0.580. The quantitative estimate of drug-likeness (QED) is 0.606. The van der Waals surface area contributed by atoms with Crippen LogP contribution in [0.1, 0.15) is 13.8 Å².